The fourth-order valence-corrected chi connectivity index (χ4v) is 2.67. The number of hydrogen-bond donors (Lipinski definition) is 1. The van der Waals surface area contributed by atoms with Crippen molar-refractivity contribution >= 4 is 17.0 Å². The molecule has 0 bridgehead atoms. The number of aryl methyl sites for hydroxylation is 1. The van der Waals surface area contributed by atoms with Gasteiger partial charge in [-0.3, -0.25) is 0 Å². The van der Waals surface area contributed by atoms with E-state index in [1.165, 1.54) is 6.07 Å². The monoisotopic (exact) mass is 253 g/mol. The minimum absolute atomic E-state index is 0.0358. The van der Waals surface area contributed by atoms with Crippen LogP contribution in [0.1, 0.15) is 23.4 Å². The van der Waals surface area contributed by atoms with Gasteiger partial charge in [-0.05, 0) is 49.1 Å². The Labute approximate surface area is 103 Å². The van der Waals surface area contributed by atoms with Crippen LogP contribution in [0.15, 0.2) is 29.6 Å². The van der Waals surface area contributed by atoms with E-state index in [0.717, 1.165) is 22.6 Å². The standard InChI is InChI=1S/C13H13F2NS/c1-8-5-6-17-13(8)9(2)16-12-7-10(14)3-4-11(12)15/h3-7,9,16H,1-2H3. The molecule has 0 aliphatic rings. The maximum absolute atomic E-state index is 13.4. The molecule has 1 unspecified atom stereocenters. The molecule has 1 nitrogen and oxygen atoms in total. The SMILES string of the molecule is Cc1ccsc1C(C)Nc1cc(F)ccc1F. The summed E-state index contributed by atoms with van der Waals surface area (Å²) >= 11 is 1.61. The van der Waals surface area contributed by atoms with Crippen LogP contribution in [0.4, 0.5) is 14.5 Å². The molecule has 0 fully saturated rings. The minimum atomic E-state index is -0.441. The van der Waals surface area contributed by atoms with Crippen molar-refractivity contribution in [3.63, 3.8) is 0 Å². The summed E-state index contributed by atoms with van der Waals surface area (Å²) in [5.41, 5.74) is 1.36. The highest BCUT2D eigenvalue weighted by molar-refractivity contribution is 7.10. The van der Waals surface area contributed by atoms with Crippen LogP contribution in [-0.4, -0.2) is 0 Å². The summed E-state index contributed by atoms with van der Waals surface area (Å²) in [6, 6.07) is 5.40. The number of benzene rings is 1. The van der Waals surface area contributed by atoms with Crippen LogP contribution in [0.2, 0.25) is 0 Å². The van der Waals surface area contributed by atoms with E-state index < -0.39 is 11.6 Å². The van der Waals surface area contributed by atoms with Crippen molar-refractivity contribution in [3.8, 4) is 0 Å². The minimum Gasteiger partial charge on any atom is -0.375 e. The van der Waals surface area contributed by atoms with Crippen molar-refractivity contribution in [1.29, 1.82) is 0 Å². The predicted octanol–water partition coefficient (Wildman–Crippen LogP) is 4.51. The number of rotatable bonds is 3. The van der Waals surface area contributed by atoms with Crippen molar-refractivity contribution in [3.05, 3.63) is 51.7 Å². The van der Waals surface area contributed by atoms with Gasteiger partial charge in [-0.2, -0.15) is 0 Å². The molecule has 90 valence electrons. The van der Waals surface area contributed by atoms with E-state index in [-0.39, 0.29) is 11.7 Å². The first-order valence-electron chi connectivity index (χ1n) is 5.33. The molecule has 1 aromatic carbocycles. The predicted molar refractivity (Wildman–Crippen MR) is 67.5 cm³/mol. The Morgan fingerprint density at radius 1 is 1.24 bits per heavy atom. The van der Waals surface area contributed by atoms with Gasteiger partial charge in [0.05, 0.1) is 11.7 Å². The molecule has 0 aliphatic carbocycles. The Bertz CT molecular complexity index is 522. The molecule has 0 saturated heterocycles. The molecular formula is C13H13F2NS. The van der Waals surface area contributed by atoms with E-state index in [9.17, 15) is 8.78 Å². The third-order valence-electron chi connectivity index (χ3n) is 2.60. The average molecular weight is 253 g/mol. The highest BCUT2D eigenvalue weighted by Crippen LogP contribution is 2.28. The van der Waals surface area contributed by atoms with Crippen molar-refractivity contribution < 1.29 is 8.78 Å². The Hall–Kier alpha value is -1.42. The van der Waals surface area contributed by atoms with Crippen molar-refractivity contribution in [2.75, 3.05) is 5.32 Å². The summed E-state index contributed by atoms with van der Waals surface area (Å²) in [5.74, 6) is -0.878. The number of hydrogen-bond acceptors (Lipinski definition) is 2. The van der Waals surface area contributed by atoms with E-state index >= 15 is 0 Å². The molecule has 0 amide bonds. The van der Waals surface area contributed by atoms with Gasteiger partial charge in [0.15, 0.2) is 0 Å². The third-order valence-corrected chi connectivity index (χ3v) is 3.80. The summed E-state index contributed by atoms with van der Waals surface area (Å²) in [5, 5.41) is 4.98. The van der Waals surface area contributed by atoms with Gasteiger partial charge in [0, 0.05) is 4.88 Å². The second-order valence-electron chi connectivity index (χ2n) is 3.96. The largest absolute Gasteiger partial charge is 0.375 e. The molecule has 1 aromatic heterocycles. The van der Waals surface area contributed by atoms with E-state index in [1.54, 1.807) is 11.3 Å². The molecule has 1 N–H and O–H groups in total. The summed E-state index contributed by atoms with van der Waals surface area (Å²) in [4.78, 5) is 1.13. The maximum Gasteiger partial charge on any atom is 0.146 e. The van der Waals surface area contributed by atoms with Crippen LogP contribution in [-0.2, 0) is 0 Å². The van der Waals surface area contributed by atoms with Gasteiger partial charge >= 0.3 is 0 Å². The zero-order chi connectivity index (χ0) is 12.4. The molecular weight excluding hydrogens is 240 g/mol. The summed E-state index contributed by atoms with van der Waals surface area (Å²) in [6.07, 6.45) is 0. The number of halogens is 2. The molecule has 2 aromatic rings. The van der Waals surface area contributed by atoms with E-state index in [0.29, 0.717) is 0 Å². The Morgan fingerprint density at radius 3 is 2.65 bits per heavy atom. The third kappa shape index (κ3) is 2.64. The zero-order valence-electron chi connectivity index (χ0n) is 9.63. The summed E-state index contributed by atoms with van der Waals surface area (Å²) in [7, 11) is 0. The number of thiophene rings is 1. The van der Waals surface area contributed by atoms with Gasteiger partial charge in [-0.15, -0.1) is 11.3 Å². The molecule has 1 atom stereocenters. The maximum atomic E-state index is 13.4. The summed E-state index contributed by atoms with van der Waals surface area (Å²) < 4.78 is 26.5. The lowest BCUT2D eigenvalue weighted by molar-refractivity contribution is 0.600. The molecule has 0 radical (unpaired) electrons. The fraction of sp³-hybridized carbons (Fsp3) is 0.231. The van der Waals surface area contributed by atoms with Gasteiger partial charge in [-0.1, -0.05) is 0 Å². The molecule has 1 heterocycles. The van der Waals surface area contributed by atoms with Crippen LogP contribution in [0.5, 0.6) is 0 Å². The molecule has 0 saturated carbocycles. The topological polar surface area (TPSA) is 12.0 Å². The number of nitrogens with one attached hydrogen (secondary N) is 1. The second kappa shape index (κ2) is 4.84. The van der Waals surface area contributed by atoms with Crippen molar-refractivity contribution in [1.82, 2.24) is 0 Å². The smallest absolute Gasteiger partial charge is 0.146 e. The number of anilines is 1. The van der Waals surface area contributed by atoms with Crippen LogP contribution in [0, 0.1) is 18.6 Å². The zero-order valence-corrected chi connectivity index (χ0v) is 10.4. The van der Waals surface area contributed by atoms with E-state index in [1.807, 2.05) is 25.3 Å². The normalized spacial score (nSPS) is 12.5. The molecule has 17 heavy (non-hydrogen) atoms. The Balaban J connectivity index is 2.21. The Morgan fingerprint density at radius 2 is 2.00 bits per heavy atom. The lowest BCUT2D eigenvalue weighted by Crippen LogP contribution is -2.07. The fourth-order valence-electron chi connectivity index (χ4n) is 1.73. The van der Waals surface area contributed by atoms with Crippen LogP contribution < -0.4 is 5.32 Å². The van der Waals surface area contributed by atoms with Crippen LogP contribution in [0.25, 0.3) is 0 Å². The molecule has 0 aliphatic heterocycles. The molecule has 2 rings (SSSR count). The van der Waals surface area contributed by atoms with Gasteiger partial charge < -0.3 is 5.32 Å². The second-order valence-corrected chi connectivity index (χ2v) is 4.91. The van der Waals surface area contributed by atoms with Crippen molar-refractivity contribution in [2.45, 2.75) is 19.9 Å². The first-order valence-corrected chi connectivity index (χ1v) is 6.21. The van der Waals surface area contributed by atoms with E-state index in [2.05, 4.69) is 5.32 Å². The van der Waals surface area contributed by atoms with E-state index in [4.69, 9.17) is 0 Å². The lowest BCUT2D eigenvalue weighted by Gasteiger charge is -2.15. The quantitative estimate of drug-likeness (QED) is 0.848. The Kier molecular flexibility index (Phi) is 3.43. The first kappa shape index (κ1) is 12.0. The molecule has 4 heteroatoms. The van der Waals surface area contributed by atoms with Gasteiger partial charge in [-0.25, -0.2) is 8.78 Å². The van der Waals surface area contributed by atoms with Gasteiger partial charge in [0.25, 0.3) is 0 Å². The van der Waals surface area contributed by atoms with Crippen molar-refractivity contribution in [2.24, 2.45) is 0 Å². The average Bonchev–Trinajstić information content (AvgIpc) is 2.70. The highest BCUT2D eigenvalue weighted by Gasteiger charge is 2.12. The first-order chi connectivity index (χ1) is 8.08. The highest BCUT2D eigenvalue weighted by atomic mass is 32.1. The summed E-state index contributed by atoms with van der Waals surface area (Å²) in [6.45, 7) is 3.94. The van der Waals surface area contributed by atoms with Crippen LogP contribution in [0.3, 0.4) is 0 Å². The van der Waals surface area contributed by atoms with Gasteiger partial charge in [0.1, 0.15) is 11.6 Å². The molecule has 0 spiro atoms. The van der Waals surface area contributed by atoms with Crippen LogP contribution >= 0.6 is 11.3 Å². The lowest BCUT2D eigenvalue weighted by atomic mass is 10.2. The van der Waals surface area contributed by atoms with Gasteiger partial charge in [0.2, 0.25) is 0 Å².